The molecule has 1 N–H and O–H groups in total. The molecule has 0 unspecified atom stereocenters. The number of rotatable bonds is 5. The summed E-state index contributed by atoms with van der Waals surface area (Å²) in [6.45, 7) is 2.89. The van der Waals surface area contributed by atoms with E-state index in [2.05, 4.69) is 25.2 Å². The summed E-state index contributed by atoms with van der Waals surface area (Å²) >= 11 is 0. The summed E-state index contributed by atoms with van der Waals surface area (Å²) in [6.07, 6.45) is 3.73. The second kappa shape index (κ2) is 8.47. The number of anilines is 3. The lowest BCUT2D eigenvalue weighted by molar-refractivity contribution is -0.130. The SMILES string of the molecule is O=C(Cc1ccccc1)N1CCN(c2cc(Nc3ccccn3)ncn2)CC1. The van der Waals surface area contributed by atoms with Gasteiger partial charge < -0.3 is 15.1 Å². The topological polar surface area (TPSA) is 74.2 Å². The summed E-state index contributed by atoms with van der Waals surface area (Å²) in [5.41, 5.74) is 1.05. The number of pyridine rings is 1. The van der Waals surface area contributed by atoms with Gasteiger partial charge in [0.15, 0.2) is 0 Å². The van der Waals surface area contributed by atoms with Crippen molar-refractivity contribution in [3.8, 4) is 0 Å². The van der Waals surface area contributed by atoms with Crippen LogP contribution in [-0.2, 0) is 11.2 Å². The Kier molecular flexibility index (Phi) is 5.42. The summed E-state index contributed by atoms with van der Waals surface area (Å²) in [5.74, 6) is 2.46. The molecule has 1 aliphatic heterocycles. The molecule has 0 radical (unpaired) electrons. The van der Waals surface area contributed by atoms with Crippen LogP contribution in [0.15, 0.2) is 67.1 Å². The fourth-order valence-electron chi connectivity index (χ4n) is 3.22. The largest absolute Gasteiger partial charge is 0.353 e. The lowest BCUT2D eigenvalue weighted by atomic mass is 10.1. The van der Waals surface area contributed by atoms with Gasteiger partial charge in [-0.2, -0.15) is 0 Å². The highest BCUT2D eigenvalue weighted by atomic mass is 16.2. The van der Waals surface area contributed by atoms with Gasteiger partial charge in [-0.3, -0.25) is 4.79 Å². The summed E-state index contributed by atoms with van der Waals surface area (Å²) in [4.78, 5) is 29.5. The van der Waals surface area contributed by atoms with Crippen molar-refractivity contribution in [3.63, 3.8) is 0 Å². The maximum absolute atomic E-state index is 12.5. The quantitative estimate of drug-likeness (QED) is 0.740. The first-order chi connectivity index (χ1) is 13.8. The minimum absolute atomic E-state index is 0.172. The summed E-state index contributed by atoms with van der Waals surface area (Å²) < 4.78 is 0. The number of carbonyl (C=O) groups excluding carboxylic acids is 1. The van der Waals surface area contributed by atoms with Crippen LogP contribution in [0.25, 0.3) is 0 Å². The second-order valence-corrected chi connectivity index (χ2v) is 6.63. The fraction of sp³-hybridized carbons (Fsp3) is 0.238. The predicted octanol–water partition coefficient (Wildman–Crippen LogP) is 2.51. The van der Waals surface area contributed by atoms with Crippen LogP contribution in [0.3, 0.4) is 0 Å². The summed E-state index contributed by atoms with van der Waals surface area (Å²) in [5, 5.41) is 3.18. The number of hydrogen-bond donors (Lipinski definition) is 1. The highest BCUT2D eigenvalue weighted by molar-refractivity contribution is 5.79. The van der Waals surface area contributed by atoms with Gasteiger partial charge in [-0.25, -0.2) is 15.0 Å². The molecule has 4 rings (SSSR count). The molecule has 3 aromatic rings. The molecule has 1 aliphatic rings. The molecule has 1 aromatic carbocycles. The zero-order valence-electron chi connectivity index (χ0n) is 15.5. The van der Waals surface area contributed by atoms with E-state index in [1.165, 1.54) is 0 Å². The number of hydrogen-bond acceptors (Lipinski definition) is 6. The molecule has 1 saturated heterocycles. The van der Waals surface area contributed by atoms with Crippen LogP contribution < -0.4 is 10.2 Å². The predicted molar refractivity (Wildman–Crippen MR) is 108 cm³/mol. The minimum atomic E-state index is 0.172. The highest BCUT2D eigenvalue weighted by Crippen LogP contribution is 2.19. The number of carbonyl (C=O) groups is 1. The van der Waals surface area contributed by atoms with Gasteiger partial charge in [0.25, 0.3) is 0 Å². The van der Waals surface area contributed by atoms with Crippen molar-refractivity contribution in [2.45, 2.75) is 6.42 Å². The van der Waals surface area contributed by atoms with Gasteiger partial charge in [0.1, 0.15) is 23.8 Å². The highest BCUT2D eigenvalue weighted by Gasteiger charge is 2.22. The van der Waals surface area contributed by atoms with Crippen LogP contribution in [-0.4, -0.2) is 51.9 Å². The van der Waals surface area contributed by atoms with E-state index in [1.807, 2.05) is 59.5 Å². The second-order valence-electron chi connectivity index (χ2n) is 6.63. The molecule has 0 saturated carbocycles. The number of nitrogens with zero attached hydrogens (tertiary/aromatic N) is 5. The molecule has 2 aromatic heterocycles. The average molecular weight is 374 g/mol. The van der Waals surface area contributed by atoms with Crippen molar-refractivity contribution in [1.82, 2.24) is 19.9 Å². The van der Waals surface area contributed by atoms with Crippen LogP contribution in [0.1, 0.15) is 5.56 Å². The minimum Gasteiger partial charge on any atom is -0.353 e. The van der Waals surface area contributed by atoms with E-state index in [0.717, 1.165) is 30.3 Å². The third-order valence-corrected chi connectivity index (χ3v) is 4.73. The zero-order valence-corrected chi connectivity index (χ0v) is 15.5. The van der Waals surface area contributed by atoms with E-state index >= 15 is 0 Å². The van der Waals surface area contributed by atoms with Crippen molar-refractivity contribution in [3.05, 3.63) is 72.7 Å². The van der Waals surface area contributed by atoms with Crippen molar-refractivity contribution < 1.29 is 4.79 Å². The Morgan fingerprint density at radius 1 is 0.893 bits per heavy atom. The van der Waals surface area contributed by atoms with Gasteiger partial charge in [0.05, 0.1) is 6.42 Å². The van der Waals surface area contributed by atoms with Gasteiger partial charge in [0.2, 0.25) is 5.91 Å². The molecule has 28 heavy (non-hydrogen) atoms. The first-order valence-corrected chi connectivity index (χ1v) is 9.35. The van der Waals surface area contributed by atoms with E-state index < -0.39 is 0 Å². The zero-order chi connectivity index (χ0) is 19.2. The maximum atomic E-state index is 12.5. The Morgan fingerprint density at radius 2 is 1.68 bits per heavy atom. The molecule has 0 bridgehead atoms. The third kappa shape index (κ3) is 4.43. The van der Waals surface area contributed by atoms with Crippen molar-refractivity contribution in [2.75, 3.05) is 36.4 Å². The van der Waals surface area contributed by atoms with Crippen molar-refractivity contribution in [1.29, 1.82) is 0 Å². The van der Waals surface area contributed by atoms with Gasteiger partial charge >= 0.3 is 0 Å². The van der Waals surface area contributed by atoms with Crippen LogP contribution >= 0.6 is 0 Å². The van der Waals surface area contributed by atoms with Crippen LogP contribution in [0.5, 0.6) is 0 Å². The van der Waals surface area contributed by atoms with E-state index in [0.29, 0.717) is 25.3 Å². The maximum Gasteiger partial charge on any atom is 0.227 e. The number of piperazine rings is 1. The normalized spacial score (nSPS) is 14.0. The molecule has 1 amide bonds. The first-order valence-electron chi connectivity index (χ1n) is 9.35. The van der Waals surface area contributed by atoms with Crippen molar-refractivity contribution >= 4 is 23.4 Å². The Labute approximate surface area is 164 Å². The lowest BCUT2D eigenvalue weighted by Gasteiger charge is -2.35. The van der Waals surface area contributed by atoms with Crippen LogP contribution in [0.4, 0.5) is 17.5 Å². The molecule has 0 aliphatic carbocycles. The van der Waals surface area contributed by atoms with Crippen molar-refractivity contribution in [2.24, 2.45) is 0 Å². The van der Waals surface area contributed by atoms with E-state index in [1.54, 1.807) is 12.5 Å². The molecule has 3 heterocycles. The average Bonchev–Trinajstić information content (AvgIpc) is 2.75. The summed E-state index contributed by atoms with van der Waals surface area (Å²) in [6, 6.07) is 17.5. The third-order valence-electron chi connectivity index (χ3n) is 4.73. The van der Waals surface area contributed by atoms with E-state index in [-0.39, 0.29) is 5.91 Å². The standard InChI is InChI=1S/C21H22N6O/c28-21(14-17-6-2-1-3-7-17)27-12-10-26(11-13-27)20-15-19(23-16-24-20)25-18-8-4-5-9-22-18/h1-9,15-16H,10-14H2,(H,22,23,24,25). The molecule has 7 heteroatoms. The molecular formula is C21H22N6O. The van der Waals surface area contributed by atoms with E-state index in [9.17, 15) is 4.79 Å². The molecule has 0 atom stereocenters. The van der Waals surface area contributed by atoms with Gasteiger partial charge in [-0.15, -0.1) is 0 Å². The molecule has 0 spiro atoms. The fourth-order valence-corrected chi connectivity index (χ4v) is 3.22. The van der Waals surface area contributed by atoms with Gasteiger partial charge in [-0.05, 0) is 17.7 Å². The van der Waals surface area contributed by atoms with Gasteiger partial charge in [-0.1, -0.05) is 36.4 Å². The van der Waals surface area contributed by atoms with Crippen LogP contribution in [0, 0.1) is 0 Å². The number of benzene rings is 1. The molecule has 142 valence electrons. The Hall–Kier alpha value is -3.48. The number of nitrogens with one attached hydrogen (secondary N) is 1. The molecule has 1 fully saturated rings. The van der Waals surface area contributed by atoms with Gasteiger partial charge in [0, 0.05) is 38.4 Å². The number of aromatic nitrogens is 3. The Balaban J connectivity index is 1.35. The Bertz CT molecular complexity index is 910. The number of amides is 1. The Morgan fingerprint density at radius 3 is 2.43 bits per heavy atom. The van der Waals surface area contributed by atoms with Crippen LogP contribution in [0.2, 0.25) is 0 Å². The summed E-state index contributed by atoms with van der Waals surface area (Å²) in [7, 11) is 0. The molecule has 7 nitrogen and oxygen atoms in total. The monoisotopic (exact) mass is 374 g/mol. The molecular weight excluding hydrogens is 352 g/mol. The lowest BCUT2D eigenvalue weighted by Crippen LogP contribution is -2.49. The van der Waals surface area contributed by atoms with E-state index in [4.69, 9.17) is 0 Å². The first kappa shape index (κ1) is 17.9. The smallest absolute Gasteiger partial charge is 0.227 e.